The monoisotopic (exact) mass is 432 g/mol. The number of imidazole rings is 1. The molecule has 1 aliphatic rings. The number of benzene rings is 2. The molecule has 0 bridgehead atoms. The highest BCUT2D eigenvalue weighted by Gasteiger charge is 2.12. The minimum absolute atomic E-state index is 0.644. The van der Waals surface area contributed by atoms with Crippen molar-refractivity contribution in [1.29, 1.82) is 0 Å². The number of hydrogen-bond donors (Lipinski definition) is 2. The molecule has 7 nitrogen and oxygen atoms in total. The number of hydrogen-bond acceptors (Lipinski definition) is 4. The first-order valence-electron chi connectivity index (χ1n) is 11.1. The van der Waals surface area contributed by atoms with E-state index < -0.39 is 0 Å². The molecule has 7 heteroatoms. The second kappa shape index (κ2) is 10.9. The minimum atomic E-state index is 0.644. The zero-order valence-corrected chi connectivity index (χ0v) is 18.9. The summed E-state index contributed by atoms with van der Waals surface area (Å²) in [5.74, 6) is 1.74. The number of aromatic amines is 1. The normalized spacial score (nSPS) is 15.0. The Morgan fingerprint density at radius 2 is 1.81 bits per heavy atom. The molecule has 0 saturated carbocycles. The Kier molecular flexibility index (Phi) is 7.53. The number of nitrogens with one attached hydrogen (secondary N) is 2. The lowest BCUT2D eigenvalue weighted by molar-refractivity contribution is 0.0342. The first-order valence-corrected chi connectivity index (χ1v) is 11.1. The number of morpholine rings is 1. The summed E-state index contributed by atoms with van der Waals surface area (Å²) >= 11 is 0. The molecule has 0 atom stereocenters. The van der Waals surface area contributed by atoms with E-state index in [1.807, 2.05) is 38.5 Å². The molecule has 1 aromatic heterocycles. The van der Waals surface area contributed by atoms with Crippen molar-refractivity contribution in [3.63, 3.8) is 0 Å². The maximum atomic E-state index is 5.43. The number of H-pyrrole nitrogens is 1. The van der Waals surface area contributed by atoms with Crippen LogP contribution < -0.4 is 5.32 Å². The molecule has 4 rings (SSSR count). The molecule has 0 unspecified atom stereocenters. The lowest BCUT2D eigenvalue weighted by Gasteiger charge is -2.26. The zero-order chi connectivity index (χ0) is 22.2. The predicted molar refractivity (Wildman–Crippen MR) is 128 cm³/mol. The van der Waals surface area contributed by atoms with Crippen molar-refractivity contribution >= 4 is 5.96 Å². The van der Waals surface area contributed by atoms with Gasteiger partial charge in [0.05, 0.1) is 31.6 Å². The number of ether oxygens (including phenoxy) is 1. The van der Waals surface area contributed by atoms with Crippen molar-refractivity contribution in [3.05, 3.63) is 77.7 Å². The molecule has 0 aliphatic carbocycles. The molecule has 0 spiro atoms. The molecule has 1 saturated heterocycles. The van der Waals surface area contributed by atoms with Crippen LogP contribution in [0.5, 0.6) is 0 Å². The van der Waals surface area contributed by atoms with E-state index in [4.69, 9.17) is 4.74 Å². The van der Waals surface area contributed by atoms with Gasteiger partial charge in [-0.2, -0.15) is 0 Å². The van der Waals surface area contributed by atoms with Crippen molar-refractivity contribution in [2.45, 2.75) is 19.6 Å². The summed E-state index contributed by atoms with van der Waals surface area (Å²) in [7, 11) is 3.83. The number of rotatable bonds is 7. The highest BCUT2D eigenvalue weighted by Crippen LogP contribution is 2.16. The molecule has 32 heavy (non-hydrogen) atoms. The van der Waals surface area contributed by atoms with Gasteiger partial charge >= 0.3 is 0 Å². The number of guanidine groups is 1. The first-order chi connectivity index (χ1) is 15.7. The predicted octanol–water partition coefficient (Wildman–Crippen LogP) is 3.12. The number of aromatic nitrogens is 2. The molecule has 1 fully saturated rings. The lowest BCUT2D eigenvalue weighted by atomic mass is 10.1. The summed E-state index contributed by atoms with van der Waals surface area (Å²) < 4.78 is 5.43. The van der Waals surface area contributed by atoms with Gasteiger partial charge in [-0.1, -0.05) is 54.6 Å². The molecule has 2 heterocycles. The van der Waals surface area contributed by atoms with Crippen LogP contribution in [0.2, 0.25) is 0 Å². The average Bonchev–Trinajstić information content (AvgIpc) is 3.30. The molecule has 2 N–H and O–H groups in total. The minimum Gasteiger partial charge on any atom is -0.379 e. The van der Waals surface area contributed by atoms with Crippen LogP contribution in [0, 0.1) is 0 Å². The highest BCUT2D eigenvalue weighted by molar-refractivity contribution is 5.79. The van der Waals surface area contributed by atoms with Crippen LogP contribution in [-0.4, -0.2) is 66.1 Å². The standard InChI is InChI=1S/C25H32N6O/c1-26-25(30(2)19-24-27-17-23(29-24)22-6-4-3-5-7-22)28-16-20-8-10-21(11-9-20)18-31-12-14-32-15-13-31/h3-11,17H,12-16,18-19H2,1-2H3,(H,26,28)(H,27,29). The van der Waals surface area contributed by atoms with Crippen molar-refractivity contribution < 1.29 is 4.74 Å². The Labute approximate surface area is 190 Å². The molecular weight excluding hydrogens is 400 g/mol. The topological polar surface area (TPSA) is 68.8 Å². The van der Waals surface area contributed by atoms with Gasteiger partial charge in [-0.3, -0.25) is 9.89 Å². The third kappa shape index (κ3) is 5.96. The Balaban J connectivity index is 1.28. The van der Waals surface area contributed by atoms with Gasteiger partial charge in [0, 0.05) is 40.3 Å². The molecule has 1 aliphatic heterocycles. The van der Waals surface area contributed by atoms with Gasteiger partial charge in [0.25, 0.3) is 0 Å². The molecule has 168 valence electrons. The van der Waals surface area contributed by atoms with Gasteiger partial charge < -0.3 is 19.9 Å². The van der Waals surface area contributed by atoms with Gasteiger partial charge in [-0.15, -0.1) is 0 Å². The quantitative estimate of drug-likeness (QED) is 0.444. The molecule has 3 aromatic rings. The zero-order valence-electron chi connectivity index (χ0n) is 18.9. The third-order valence-corrected chi connectivity index (χ3v) is 5.66. The Morgan fingerprint density at radius 3 is 2.53 bits per heavy atom. The van der Waals surface area contributed by atoms with Crippen LogP contribution in [0.15, 0.2) is 65.8 Å². The van der Waals surface area contributed by atoms with Gasteiger partial charge in [-0.05, 0) is 16.7 Å². The van der Waals surface area contributed by atoms with Crippen molar-refractivity contribution in [2.24, 2.45) is 4.99 Å². The highest BCUT2D eigenvalue weighted by atomic mass is 16.5. The fourth-order valence-corrected chi connectivity index (χ4v) is 3.85. The summed E-state index contributed by atoms with van der Waals surface area (Å²) in [5, 5.41) is 3.45. The Morgan fingerprint density at radius 1 is 1.09 bits per heavy atom. The maximum Gasteiger partial charge on any atom is 0.194 e. The van der Waals surface area contributed by atoms with Gasteiger partial charge in [0.1, 0.15) is 5.82 Å². The lowest BCUT2D eigenvalue weighted by Crippen LogP contribution is -2.38. The third-order valence-electron chi connectivity index (χ3n) is 5.66. The van der Waals surface area contributed by atoms with Crippen molar-refractivity contribution in [2.75, 3.05) is 40.4 Å². The van der Waals surface area contributed by atoms with E-state index in [2.05, 4.69) is 66.5 Å². The fourth-order valence-electron chi connectivity index (χ4n) is 3.85. The van der Waals surface area contributed by atoms with Crippen LogP contribution >= 0.6 is 0 Å². The van der Waals surface area contributed by atoms with Crippen LogP contribution in [0.4, 0.5) is 0 Å². The van der Waals surface area contributed by atoms with E-state index in [9.17, 15) is 0 Å². The second-order valence-corrected chi connectivity index (χ2v) is 8.07. The smallest absolute Gasteiger partial charge is 0.194 e. The van der Waals surface area contributed by atoms with Crippen LogP contribution in [-0.2, 0) is 24.4 Å². The summed E-state index contributed by atoms with van der Waals surface area (Å²) in [6.45, 7) is 6.03. The largest absolute Gasteiger partial charge is 0.379 e. The fraction of sp³-hybridized carbons (Fsp3) is 0.360. The van der Waals surface area contributed by atoms with E-state index in [-0.39, 0.29) is 0 Å². The van der Waals surface area contributed by atoms with Gasteiger partial charge in [-0.25, -0.2) is 4.98 Å². The molecule has 2 aromatic carbocycles. The Bertz CT molecular complexity index is 993. The second-order valence-electron chi connectivity index (χ2n) is 8.07. The van der Waals surface area contributed by atoms with Crippen LogP contribution in [0.25, 0.3) is 11.3 Å². The number of aliphatic imine (C=N–C) groups is 1. The maximum absolute atomic E-state index is 5.43. The van der Waals surface area contributed by atoms with Gasteiger partial charge in [0.2, 0.25) is 0 Å². The Hall–Kier alpha value is -3.16. The summed E-state index contributed by atoms with van der Waals surface area (Å²) in [6.07, 6.45) is 1.88. The molecular formula is C25H32N6O. The van der Waals surface area contributed by atoms with Crippen molar-refractivity contribution in [1.82, 2.24) is 25.1 Å². The van der Waals surface area contributed by atoms with Crippen LogP contribution in [0.1, 0.15) is 17.0 Å². The molecule has 0 amide bonds. The van der Waals surface area contributed by atoms with E-state index in [1.54, 1.807) is 0 Å². The SMILES string of the molecule is CN=C(NCc1ccc(CN2CCOCC2)cc1)N(C)Cc1ncc(-c2ccccc2)[nH]1. The van der Waals surface area contributed by atoms with Crippen molar-refractivity contribution in [3.8, 4) is 11.3 Å². The van der Waals surface area contributed by atoms with Gasteiger partial charge in [0.15, 0.2) is 5.96 Å². The summed E-state index contributed by atoms with van der Waals surface area (Å²) in [6, 6.07) is 19.0. The molecule has 0 radical (unpaired) electrons. The van der Waals surface area contributed by atoms with E-state index in [1.165, 1.54) is 11.1 Å². The van der Waals surface area contributed by atoms with E-state index in [0.717, 1.165) is 62.4 Å². The first kappa shape index (κ1) is 22.0. The van der Waals surface area contributed by atoms with E-state index >= 15 is 0 Å². The number of nitrogens with zero attached hydrogens (tertiary/aromatic N) is 4. The van der Waals surface area contributed by atoms with Crippen LogP contribution in [0.3, 0.4) is 0 Å². The van der Waals surface area contributed by atoms with E-state index in [0.29, 0.717) is 6.54 Å². The summed E-state index contributed by atoms with van der Waals surface area (Å²) in [4.78, 5) is 16.9. The summed E-state index contributed by atoms with van der Waals surface area (Å²) in [5.41, 5.74) is 4.72. The average molecular weight is 433 g/mol.